The molecule has 1 atom stereocenters. The molecule has 1 aromatic carbocycles. The predicted octanol–water partition coefficient (Wildman–Crippen LogP) is 4.34. The fourth-order valence-corrected chi connectivity index (χ4v) is 3.39. The van der Waals surface area contributed by atoms with Crippen molar-refractivity contribution in [3.63, 3.8) is 0 Å². The van der Waals surface area contributed by atoms with E-state index in [9.17, 15) is 10.1 Å². The van der Waals surface area contributed by atoms with Gasteiger partial charge in [-0.25, -0.2) is 0 Å². The highest BCUT2D eigenvalue weighted by atomic mass is 35.5. The van der Waals surface area contributed by atoms with Crippen molar-refractivity contribution in [1.29, 1.82) is 0 Å². The lowest BCUT2D eigenvalue weighted by Crippen LogP contribution is -2.27. The van der Waals surface area contributed by atoms with Gasteiger partial charge in [-0.05, 0) is 38.5 Å². The van der Waals surface area contributed by atoms with Crippen molar-refractivity contribution in [2.45, 2.75) is 32.9 Å². The van der Waals surface area contributed by atoms with Gasteiger partial charge in [0.1, 0.15) is 0 Å². The number of benzene rings is 1. The molecule has 2 aromatic rings. The van der Waals surface area contributed by atoms with E-state index >= 15 is 0 Å². The first-order valence-corrected chi connectivity index (χ1v) is 7.87. The highest BCUT2D eigenvalue weighted by Gasteiger charge is 2.17. The third kappa shape index (κ3) is 4.27. The number of nitrogens with zero attached hydrogens (tertiary/aromatic N) is 1. The molecule has 1 N–H and O–H groups in total. The molecule has 0 aliphatic carbocycles. The molecular weight excluding hydrogens is 308 g/mol. The topological polar surface area (TPSA) is 55.2 Å². The van der Waals surface area contributed by atoms with Crippen molar-refractivity contribution in [1.82, 2.24) is 5.32 Å². The Kier molecular flexibility index (Phi) is 5.33. The first kappa shape index (κ1) is 15.9. The van der Waals surface area contributed by atoms with Crippen LogP contribution in [0.25, 0.3) is 0 Å². The second kappa shape index (κ2) is 7.02. The number of thiophene rings is 1. The summed E-state index contributed by atoms with van der Waals surface area (Å²) >= 11 is 7.85. The minimum Gasteiger partial charge on any atom is -0.310 e. The first-order chi connectivity index (χ1) is 9.97. The van der Waals surface area contributed by atoms with Gasteiger partial charge >= 0.3 is 0 Å². The van der Waals surface area contributed by atoms with Crippen molar-refractivity contribution < 1.29 is 4.92 Å². The van der Waals surface area contributed by atoms with E-state index in [1.54, 1.807) is 23.5 Å². The predicted molar refractivity (Wildman–Crippen MR) is 87.2 cm³/mol. The number of rotatable bonds is 6. The van der Waals surface area contributed by atoms with Gasteiger partial charge in [-0.15, -0.1) is 11.3 Å². The Morgan fingerprint density at radius 1 is 1.38 bits per heavy atom. The van der Waals surface area contributed by atoms with Gasteiger partial charge in [0.15, 0.2) is 0 Å². The molecular formula is C15H17ClN2O2S. The Labute approximate surface area is 132 Å². The summed E-state index contributed by atoms with van der Waals surface area (Å²) in [6.07, 6.45) is 0.900. The van der Waals surface area contributed by atoms with E-state index in [1.807, 2.05) is 0 Å². The van der Waals surface area contributed by atoms with Crippen LogP contribution in [-0.2, 0) is 13.0 Å². The molecule has 112 valence electrons. The number of nitro benzene ring substituents is 1. The van der Waals surface area contributed by atoms with Crippen LogP contribution >= 0.6 is 22.9 Å². The standard InChI is InChI=1S/C15H17ClN2O2S/c1-10(8-12-7-6-11(2)21-12)17-9-13-14(16)4-3-5-15(13)18(19)20/h3-7,10,17H,8-9H2,1-2H3. The second-order valence-electron chi connectivity index (χ2n) is 4.99. The average Bonchev–Trinajstić information content (AvgIpc) is 2.82. The largest absolute Gasteiger partial charge is 0.310 e. The highest BCUT2D eigenvalue weighted by Crippen LogP contribution is 2.26. The lowest BCUT2D eigenvalue weighted by atomic mass is 10.1. The Balaban J connectivity index is 2.01. The zero-order valence-electron chi connectivity index (χ0n) is 11.9. The molecule has 1 unspecified atom stereocenters. The molecule has 0 aliphatic rings. The summed E-state index contributed by atoms with van der Waals surface area (Å²) in [5.41, 5.74) is 0.604. The summed E-state index contributed by atoms with van der Waals surface area (Å²) in [6, 6.07) is 9.21. The lowest BCUT2D eigenvalue weighted by molar-refractivity contribution is -0.385. The molecule has 1 aromatic heterocycles. The zero-order valence-corrected chi connectivity index (χ0v) is 13.5. The minimum atomic E-state index is -0.393. The Bertz CT molecular complexity index is 642. The highest BCUT2D eigenvalue weighted by molar-refractivity contribution is 7.11. The number of hydrogen-bond donors (Lipinski definition) is 1. The van der Waals surface area contributed by atoms with Crippen LogP contribution in [0.1, 0.15) is 22.2 Å². The number of nitrogens with one attached hydrogen (secondary N) is 1. The van der Waals surface area contributed by atoms with E-state index in [2.05, 4.69) is 31.3 Å². The van der Waals surface area contributed by atoms with Gasteiger partial charge in [0, 0.05) is 28.4 Å². The molecule has 6 heteroatoms. The number of halogens is 1. The first-order valence-electron chi connectivity index (χ1n) is 6.68. The molecule has 21 heavy (non-hydrogen) atoms. The van der Waals surface area contributed by atoms with Crippen LogP contribution < -0.4 is 5.32 Å². The lowest BCUT2D eigenvalue weighted by Gasteiger charge is -2.13. The Morgan fingerprint density at radius 2 is 2.14 bits per heavy atom. The summed E-state index contributed by atoms with van der Waals surface area (Å²) < 4.78 is 0. The van der Waals surface area contributed by atoms with Gasteiger partial charge in [-0.1, -0.05) is 17.7 Å². The summed E-state index contributed by atoms with van der Waals surface area (Å²) in [6.45, 7) is 4.54. The van der Waals surface area contributed by atoms with Gasteiger partial charge in [0.25, 0.3) is 5.69 Å². The van der Waals surface area contributed by atoms with E-state index in [0.717, 1.165) is 6.42 Å². The van der Waals surface area contributed by atoms with E-state index in [1.165, 1.54) is 15.8 Å². The third-order valence-corrected chi connectivity index (χ3v) is 4.60. The van der Waals surface area contributed by atoms with Crippen molar-refractivity contribution in [2.75, 3.05) is 0 Å². The van der Waals surface area contributed by atoms with Crippen LogP contribution in [0.15, 0.2) is 30.3 Å². The van der Waals surface area contributed by atoms with Crippen LogP contribution in [0.5, 0.6) is 0 Å². The summed E-state index contributed by atoms with van der Waals surface area (Å²) in [5.74, 6) is 0. The quantitative estimate of drug-likeness (QED) is 0.635. The normalized spacial score (nSPS) is 12.3. The van der Waals surface area contributed by atoms with Crippen molar-refractivity contribution in [3.05, 3.63) is 60.8 Å². The molecule has 0 radical (unpaired) electrons. The van der Waals surface area contributed by atoms with Gasteiger partial charge in [0.2, 0.25) is 0 Å². The van der Waals surface area contributed by atoms with Crippen LogP contribution in [0.3, 0.4) is 0 Å². The summed E-state index contributed by atoms with van der Waals surface area (Å²) in [7, 11) is 0. The monoisotopic (exact) mass is 324 g/mol. The van der Waals surface area contributed by atoms with Crippen LogP contribution in [0, 0.1) is 17.0 Å². The Morgan fingerprint density at radius 3 is 2.76 bits per heavy atom. The zero-order chi connectivity index (χ0) is 15.4. The van der Waals surface area contributed by atoms with E-state index in [-0.39, 0.29) is 11.7 Å². The fraction of sp³-hybridized carbons (Fsp3) is 0.333. The molecule has 0 bridgehead atoms. The molecule has 0 saturated heterocycles. The smallest absolute Gasteiger partial charge is 0.275 e. The van der Waals surface area contributed by atoms with Gasteiger partial charge in [-0.2, -0.15) is 0 Å². The maximum Gasteiger partial charge on any atom is 0.275 e. The molecule has 2 rings (SSSR count). The summed E-state index contributed by atoms with van der Waals surface area (Å²) in [5, 5.41) is 14.8. The number of aryl methyl sites for hydroxylation is 1. The van der Waals surface area contributed by atoms with E-state index in [4.69, 9.17) is 11.6 Å². The average molecular weight is 325 g/mol. The van der Waals surface area contributed by atoms with Crippen molar-refractivity contribution in [2.24, 2.45) is 0 Å². The number of hydrogen-bond acceptors (Lipinski definition) is 4. The molecule has 0 spiro atoms. The molecule has 0 saturated carbocycles. The Hall–Kier alpha value is -1.43. The second-order valence-corrected chi connectivity index (χ2v) is 6.77. The third-order valence-electron chi connectivity index (χ3n) is 3.22. The maximum atomic E-state index is 11.0. The van der Waals surface area contributed by atoms with Crippen LogP contribution in [0.2, 0.25) is 5.02 Å². The van der Waals surface area contributed by atoms with E-state index in [0.29, 0.717) is 17.1 Å². The van der Waals surface area contributed by atoms with Crippen molar-refractivity contribution >= 4 is 28.6 Å². The van der Waals surface area contributed by atoms with Crippen LogP contribution in [0.4, 0.5) is 5.69 Å². The maximum absolute atomic E-state index is 11.0. The van der Waals surface area contributed by atoms with Gasteiger partial charge in [0.05, 0.1) is 15.5 Å². The molecule has 0 aliphatic heterocycles. The van der Waals surface area contributed by atoms with Crippen LogP contribution in [-0.4, -0.2) is 11.0 Å². The molecule has 1 heterocycles. The van der Waals surface area contributed by atoms with Crippen molar-refractivity contribution in [3.8, 4) is 0 Å². The minimum absolute atomic E-state index is 0.0640. The molecule has 0 amide bonds. The fourth-order valence-electron chi connectivity index (χ4n) is 2.14. The van der Waals surface area contributed by atoms with Gasteiger partial charge < -0.3 is 5.32 Å². The molecule has 0 fully saturated rings. The molecule has 4 nitrogen and oxygen atoms in total. The van der Waals surface area contributed by atoms with E-state index < -0.39 is 4.92 Å². The summed E-state index contributed by atoms with van der Waals surface area (Å²) in [4.78, 5) is 13.2. The van der Waals surface area contributed by atoms with Gasteiger partial charge in [-0.3, -0.25) is 10.1 Å². The SMILES string of the molecule is Cc1ccc(CC(C)NCc2c(Cl)cccc2[N+](=O)[O-])s1. The number of nitro groups is 1.